The largest absolute Gasteiger partial charge is 0.305 e. The van der Waals surface area contributed by atoms with Crippen molar-refractivity contribution in [3.8, 4) is 0 Å². The molecule has 0 atom stereocenters. The van der Waals surface area contributed by atoms with E-state index in [2.05, 4.69) is 31.2 Å². The third-order valence-electron chi connectivity index (χ3n) is 2.89. The lowest BCUT2D eigenvalue weighted by atomic mass is 10.1. The predicted octanol–water partition coefficient (Wildman–Crippen LogP) is 4.30. The Balaban J connectivity index is 1.94. The highest BCUT2D eigenvalue weighted by Crippen LogP contribution is 2.22. The van der Waals surface area contributed by atoms with E-state index in [4.69, 9.17) is 11.6 Å². The zero-order valence-corrected chi connectivity index (χ0v) is 13.0. The summed E-state index contributed by atoms with van der Waals surface area (Å²) in [5, 5.41) is 4.68. The fourth-order valence-corrected chi connectivity index (χ4v) is 2.52. The molecule has 0 spiro atoms. The van der Waals surface area contributed by atoms with E-state index in [0.717, 1.165) is 15.2 Å². The van der Waals surface area contributed by atoms with Gasteiger partial charge in [-0.05, 0) is 23.6 Å². The Morgan fingerprint density at radius 2 is 2.00 bits per heavy atom. The molecule has 104 valence electrons. The van der Waals surface area contributed by atoms with Crippen molar-refractivity contribution in [3.05, 3.63) is 64.0 Å². The molecule has 0 radical (unpaired) electrons. The number of aromatic nitrogens is 2. The number of hydrogen-bond acceptors (Lipinski definition) is 3. The van der Waals surface area contributed by atoms with Crippen molar-refractivity contribution in [3.63, 3.8) is 0 Å². The van der Waals surface area contributed by atoms with Crippen LogP contribution in [0.15, 0.2) is 53.1 Å². The minimum Gasteiger partial charge on any atom is -0.305 e. The number of carbonyl (C=O) groups is 1. The standard InChI is InChI=1S/C15H9BrClN3O/c16-10-5-6-18-13(8-10)20-15(21)12-7-9-3-1-2-4-11(9)14(17)19-12/h1-8H,(H,18,20,21). The summed E-state index contributed by atoms with van der Waals surface area (Å²) >= 11 is 9.44. The van der Waals surface area contributed by atoms with Gasteiger partial charge in [0, 0.05) is 16.1 Å². The number of halogens is 2. The maximum Gasteiger partial charge on any atom is 0.275 e. The molecule has 2 heterocycles. The van der Waals surface area contributed by atoms with Gasteiger partial charge in [-0.25, -0.2) is 9.97 Å². The Labute approximate surface area is 134 Å². The molecule has 21 heavy (non-hydrogen) atoms. The van der Waals surface area contributed by atoms with Crippen molar-refractivity contribution in [1.29, 1.82) is 0 Å². The number of hydrogen-bond donors (Lipinski definition) is 1. The van der Waals surface area contributed by atoms with Gasteiger partial charge >= 0.3 is 0 Å². The van der Waals surface area contributed by atoms with Crippen LogP contribution in [0.25, 0.3) is 10.8 Å². The molecule has 0 bridgehead atoms. The van der Waals surface area contributed by atoms with Crippen molar-refractivity contribution in [2.24, 2.45) is 0 Å². The third kappa shape index (κ3) is 3.04. The van der Waals surface area contributed by atoms with Crippen molar-refractivity contribution in [2.45, 2.75) is 0 Å². The molecule has 0 fully saturated rings. The second-order valence-electron chi connectivity index (χ2n) is 4.33. The molecule has 4 nitrogen and oxygen atoms in total. The lowest BCUT2D eigenvalue weighted by molar-refractivity contribution is 0.102. The van der Waals surface area contributed by atoms with Crippen LogP contribution < -0.4 is 5.32 Å². The summed E-state index contributed by atoms with van der Waals surface area (Å²) in [6.07, 6.45) is 1.60. The van der Waals surface area contributed by atoms with Crippen LogP contribution >= 0.6 is 27.5 Å². The van der Waals surface area contributed by atoms with Crippen LogP contribution in [0.4, 0.5) is 5.82 Å². The third-order valence-corrected chi connectivity index (χ3v) is 3.67. The molecule has 1 amide bonds. The number of nitrogens with one attached hydrogen (secondary N) is 1. The van der Waals surface area contributed by atoms with Crippen molar-refractivity contribution in [2.75, 3.05) is 5.32 Å². The summed E-state index contributed by atoms with van der Waals surface area (Å²) in [6, 6.07) is 12.7. The summed E-state index contributed by atoms with van der Waals surface area (Å²) in [5.74, 6) is 0.0914. The first-order valence-electron chi connectivity index (χ1n) is 6.12. The van der Waals surface area contributed by atoms with Crippen LogP contribution in [-0.4, -0.2) is 15.9 Å². The summed E-state index contributed by atoms with van der Waals surface area (Å²) in [7, 11) is 0. The molecule has 0 aliphatic carbocycles. The molecule has 2 aromatic heterocycles. The quantitative estimate of drug-likeness (QED) is 0.692. The van der Waals surface area contributed by atoms with Gasteiger partial charge in [0.05, 0.1) is 0 Å². The van der Waals surface area contributed by atoms with E-state index < -0.39 is 0 Å². The highest BCUT2D eigenvalue weighted by Gasteiger charge is 2.12. The van der Waals surface area contributed by atoms with Gasteiger partial charge in [-0.3, -0.25) is 4.79 Å². The summed E-state index contributed by atoms with van der Waals surface area (Å²) in [5.41, 5.74) is 0.250. The molecule has 0 saturated carbocycles. The number of pyridine rings is 2. The number of nitrogens with zero attached hydrogens (tertiary/aromatic N) is 2. The van der Waals surface area contributed by atoms with Gasteiger partial charge in [0.15, 0.2) is 0 Å². The van der Waals surface area contributed by atoms with Gasteiger partial charge in [-0.2, -0.15) is 0 Å². The Kier molecular flexibility index (Phi) is 3.86. The summed E-state index contributed by atoms with van der Waals surface area (Å²) in [4.78, 5) is 20.4. The van der Waals surface area contributed by atoms with Crippen LogP contribution in [0.1, 0.15) is 10.5 Å². The fraction of sp³-hybridized carbons (Fsp3) is 0. The Morgan fingerprint density at radius 3 is 2.81 bits per heavy atom. The van der Waals surface area contributed by atoms with Crippen molar-refractivity contribution < 1.29 is 4.79 Å². The van der Waals surface area contributed by atoms with Crippen LogP contribution in [0.5, 0.6) is 0 Å². The molecule has 6 heteroatoms. The number of benzene rings is 1. The molecule has 1 N–H and O–H groups in total. The molecule has 0 aliphatic heterocycles. The number of amides is 1. The topological polar surface area (TPSA) is 54.9 Å². The first-order valence-corrected chi connectivity index (χ1v) is 7.29. The molecule has 0 unspecified atom stereocenters. The minimum atomic E-state index is -0.353. The zero-order valence-electron chi connectivity index (χ0n) is 10.7. The van der Waals surface area contributed by atoms with Crippen molar-refractivity contribution >= 4 is 50.0 Å². The first kappa shape index (κ1) is 14.0. The van der Waals surface area contributed by atoms with Crippen LogP contribution in [0, 0.1) is 0 Å². The molecular weight excluding hydrogens is 354 g/mol. The molecule has 3 rings (SSSR count). The van der Waals surface area contributed by atoms with Gasteiger partial charge in [-0.15, -0.1) is 0 Å². The lowest BCUT2D eigenvalue weighted by Crippen LogP contribution is -2.14. The molecule has 0 aliphatic rings. The van der Waals surface area contributed by atoms with E-state index >= 15 is 0 Å². The maximum absolute atomic E-state index is 12.2. The average molecular weight is 363 g/mol. The highest BCUT2D eigenvalue weighted by molar-refractivity contribution is 9.10. The Bertz CT molecular complexity index is 838. The number of fused-ring (bicyclic) bond motifs is 1. The van der Waals surface area contributed by atoms with Gasteiger partial charge in [-0.1, -0.05) is 51.8 Å². The van der Waals surface area contributed by atoms with Crippen LogP contribution in [0.2, 0.25) is 5.15 Å². The number of anilines is 1. The van der Waals surface area contributed by atoms with E-state index in [9.17, 15) is 4.79 Å². The van der Waals surface area contributed by atoms with Crippen LogP contribution in [-0.2, 0) is 0 Å². The van der Waals surface area contributed by atoms with E-state index in [-0.39, 0.29) is 11.6 Å². The number of rotatable bonds is 2. The van der Waals surface area contributed by atoms with Gasteiger partial charge in [0.1, 0.15) is 16.7 Å². The maximum atomic E-state index is 12.2. The van der Waals surface area contributed by atoms with Gasteiger partial charge in [0.2, 0.25) is 0 Å². The zero-order chi connectivity index (χ0) is 14.8. The van der Waals surface area contributed by atoms with E-state index in [1.54, 1.807) is 24.4 Å². The predicted molar refractivity (Wildman–Crippen MR) is 86.6 cm³/mol. The molecule has 3 aromatic rings. The highest BCUT2D eigenvalue weighted by atomic mass is 79.9. The fourth-order valence-electron chi connectivity index (χ4n) is 1.93. The first-order chi connectivity index (χ1) is 10.1. The molecule has 1 aromatic carbocycles. The Hall–Kier alpha value is -1.98. The van der Waals surface area contributed by atoms with E-state index in [1.165, 1.54) is 0 Å². The molecule has 0 saturated heterocycles. The van der Waals surface area contributed by atoms with Gasteiger partial charge < -0.3 is 5.32 Å². The summed E-state index contributed by atoms with van der Waals surface area (Å²) < 4.78 is 0.831. The van der Waals surface area contributed by atoms with Crippen LogP contribution in [0.3, 0.4) is 0 Å². The normalized spacial score (nSPS) is 10.6. The van der Waals surface area contributed by atoms with Gasteiger partial charge in [0.25, 0.3) is 5.91 Å². The SMILES string of the molecule is O=C(Nc1cc(Br)ccn1)c1cc2ccccc2c(Cl)n1. The monoisotopic (exact) mass is 361 g/mol. The number of carbonyl (C=O) groups excluding carboxylic acids is 1. The molecular formula is C15H9BrClN3O. The average Bonchev–Trinajstić information content (AvgIpc) is 2.47. The second kappa shape index (κ2) is 5.79. The summed E-state index contributed by atoms with van der Waals surface area (Å²) in [6.45, 7) is 0. The minimum absolute atomic E-state index is 0.250. The van der Waals surface area contributed by atoms with Crippen molar-refractivity contribution in [1.82, 2.24) is 9.97 Å². The van der Waals surface area contributed by atoms with E-state index in [0.29, 0.717) is 11.0 Å². The Morgan fingerprint density at radius 1 is 1.19 bits per heavy atom. The van der Waals surface area contributed by atoms with E-state index in [1.807, 2.05) is 24.3 Å². The lowest BCUT2D eigenvalue weighted by Gasteiger charge is -2.06. The smallest absolute Gasteiger partial charge is 0.275 e. The second-order valence-corrected chi connectivity index (χ2v) is 5.61.